The Morgan fingerprint density at radius 1 is 1.26 bits per heavy atom. The Bertz CT molecular complexity index is 937. The number of hydrogen-bond acceptors (Lipinski definition) is 5. The fourth-order valence-corrected chi connectivity index (χ4v) is 3.58. The van der Waals surface area contributed by atoms with Crippen molar-refractivity contribution in [2.75, 3.05) is 5.32 Å². The zero-order valence-electron chi connectivity index (χ0n) is 12.8. The van der Waals surface area contributed by atoms with Gasteiger partial charge in [-0.1, -0.05) is 6.07 Å². The number of rotatable bonds is 3. The van der Waals surface area contributed by atoms with Gasteiger partial charge < -0.3 is 10.4 Å². The van der Waals surface area contributed by atoms with E-state index in [1.807, 2.05) is 20.8 Å². The Morgan fingerprint density at radius 3 is 2.70 bits per heavy atom. The highest BCUT2D eigenvalue weighted by molar-refractivity contribution is 7.18. The van der Waals surface area contributed by atoms with Gasteiger partial charge >= 0.3 is 5.97 Å². The van der Waals surface area contributed by atoms with E-state index in [1.165, 1.54) is 0 Å². The highest BCUT2D eigenvalue weighted by atomic mass is 35.5. The lowest BCUT2D eigenvalue weighted by atomic mass is 10.1. The topological polar surface area (TPSA) is 75.1 Å². The average molecular weight is 348 g/mol. The number of aryl methyl sites for hydroxylation is 3. The predicted octanol–water partition coefficient (Wildman–Crippen LogP) is 4.71. The summed E-state index contributed by atoms with van der Waals surface area (Å²) in [5.41, 5.74) is 2.91. The molecule has 0 bridgehead atoms. The summed E-state index contributed by atoms with van der Waals surface area (Å²) in [6.45, 7) is 5.94. The van der Waals surface area contributed by atoms with Gasteiger partial charge in [-0.3, -0.25) is 0 Å². The smallest absolute Gasteiger partial charge is 0.335 e. The summed E-state index contributed by atoms with van der Waals surface area (Å²) in [6, 6.07) is 4.93. The maximum absolute atomic E-state index is 11.2. The molecule has 0 aliphatic carbocycles. The van der Waals surface area contributed by atoms with Crippen molar-refractivity contribution in [1.82, 2.24) is 9.97 Å². The fourth-order valence-electron chi connectivity index (χ4n) is 2.33. The number of aromatic nitrogens is 2. The second-order valence-electron chi connectivity index (χ2n) is 5.26. The standard InChI is InChI=1S/C16H14ClN3O2S/c1-7-4-5-10(15(21)22)6-11(7)18-13-12-8(2)9(3)23-14(12)20-16(17)19-13/h4-6H,1-3H3,(H,21,22)(H,18,19,20). The van der Waals surface area contributed by atoms with Crippen molar-refractivity contribution < 1.29 is 9.90 Å². The van der Waals surface area contributed by atoms with E-state index >= 15 is 0 Å². The molecule has 2 aromatic heterocycles. The molecule has 0 unspecified atom stereocenters. The van der Waals surface area contributed by atoms with Crippen LogP contribution < -0.4 is 5.32 Å². The summed E-state index contributed by atoms with van der Waals surface area (Å²) in [5, 5.41) is 13.4. The van der Waals surface area contributed by atoms with Gasteiger partial charge in [0.1, 0.15) is 10.6 Å². The SMILES string of the molecule is Cc1ccc(C(=O)O)cc1Nc1nc(Cl)nc2sc(C)c(C)c12. The number of thiophene rings is 1. The lowest BCUT2D eigenvalue weighted by Gasteiger charge is -2.11. The molecular weight excluding hydrogens is 334 g/mol. The molecule has 118 valence electrons. The van der Waals surface area contributed by atoms with Gasteiger partial charge in [0.15, 0.2) is 0 Å². The van der Waals surface area contributed by atoms with Gasteiger partial charge in [-0.2, -0.15) is 4.98 Å². The molecule has 2 N–H and O–H groups in total. The Morgan fingerprint density at radius 2 is 2.00 bits per heavy atom. The molecule has 0 saturated carbocycles. The minimum absolute atomic E-state index is 0.160. The lowest BCUT2D eigenvalue weighted by Crippen LogP contribution is -2.02. The summed E-state index contributed by atoms with van der Waals surface area (Å²) in [5.74, 6) is -0.381. The third-order valence-electron chi connectivity index (χ3n) is 3.74. The van der Waals surface area contributed by atoms with Crippen molar-refractivity contribution in [2.45, 2.75) is 20.8 Å². The van der Waals surface area contributed by atoms with E-state index in [1.54, 1.807) is 29.5 Å². The van der Waals surface area contributed by atoms with E-state index in [4.69, 9.17) is 16.7 Å². The molecule has 1 aromatic carbocycles. The highest BCUT2D eigenvalue weighted by Gasteiger charge is 2.15. The number of carbonyl (C=O) groups is 1. The third kappa shape index (κ3) is 2.87. The van der Waals surface area contributed by atoms with Crippen LogP contribution in [0.2, 0.25) is 5.28 Å². The summed E-state index contributed by atoms with van der Waals surface area (Å²) in [4.78, 5) is 21.7. The molecule has 0 fully saturated rings. The quantitative estimate of drug-likeness (QED) is 0.671. The first-order chi connectivity index (χ1) is 10.9. The fraction of sp³-hybridized carbons (Fsp3) is 0.188. The van der Waals surface area contributed by atoms with Crippen LogP contribution in [0.5, 0.6) is 0 Å². The molecule has 0 spiro atoms. The normalized spacial score (nSPS) is 11.0. The Balaban J connectivity index is 2.15. The number of anilines is 2. The number of carboxylic acids is 1. The monoisotopic (exact) mass is 347 g/mol. The minimum Gasteiger partial charge on any atom is -0.478 e. The molecule has 23 heavy (non-hydrogen) atoms. The molecular formula is C16H14ClN3O2S. The number of hydrogen-bond donors (Lipinski definition) is 2. The van der Waals surface area contributed by atoms with Crippen molar-refractivity contribution in [2.24, 2.45) is 0 Å². The second kappa shape index (κ2) is 5.79. The van der Waals surface area contributed by atoms with E-state index in [9.17, 15) is 4.79 Å². The zero-order valence-corrected chi connectivity index (χ0v) is 14.3. The number of carboxylic acid groups (broad SMARTS) is 1. The molecule has 3 rings (SSSR count). The van der Waals surface area contributed by atoms with Crippen LogP contribution in [0, 0.1) is 20.8 Å². The molecule has 5 nitrogen and oxygen atoms in total. The van der Waals surface area contributed by atoms with Crippen LogP contribution in [-0.4, -0.2) is 21.0 Å². The largest absolute Gasteiger partial charge is 0.478 e. The van der Waals surface area contributed by atoms with Gasteiger partial charge in [0, 0.05) is 10.6 Å². The number of nitrogens with one attached hydrogen (secondary N) is 1. The van der Waals surface area contributed by atoms with Crippen molar-refractivity contribution >= 4 is 50.6 Å². The summed E-state index contributed by atoms with van der Waals surface area (Å²) in [7, 11) is 0. The van der Waals surface area contributed by atoms with Crippen LogP contribution in [0.3, 0.4) is 0 Å². The van der Waals surface area contributed by atoms with Gasteiger partial charge in [0.25, 0.3) is 0 Å². The Labute approximate surface area is 142 Å². The van der Waals surface area contributed by atoms with Crippen molar-refractivity contribution in [3.05, 3.63) is 45.1 Å². The summed E-state index contributed by atoms with van der Waals surface area (Å²) < 4.78 is 0. The van der Waals surface area contributed by atoms with E-state index in [-0.39, 0.29) is 10.8 Å². The van der Waals surface area contributed by atoms with E-state index < -0.39 is 5.97 Å². The van der Waals surface area contributed by atoms with Gasteiger partial charge in [-0.25, -0.2) is 9.78 Å². The molecule has 2 heterocycles. The molecule has 0 saturated heterocycles. The summed E-state index contributed by atoms with van der Waals surface area (Å²) >= 11 is 7.58. The molecule has 0 aliphatic rings. The third-order valence-corrected chi connectivity index (χ3v) is 5.01. The van der Waals surface area contributed by atoms with Crippen molar-refractivity contribution in [3.8, 4) is 0 Å². The second-order valence-corrected chi connectivity index (χ2v) is 6.81. The van der Waals surface area contributed by atoms with Gasteiger partial charge in [-0.15, -0.1) is 11.3 Å². The van der Waals surface area contributed by atoms with Gasteiger partial charge in [-0.05, 0) is 55.6 Å². The number of benzene rings is 1. The van der Waals surface area contributed by atoms with Crippen LogP contribution in [0.4, 0.5) is 11.5 Å². The number of aromatic carboxylic acids is 1. The first kappa shape index (κ1) is 15.7. The molecule has 3 aromatic rings. The molecule has 0 aliphatic heterocycles. The van der Waals surface area contributed by atoms with Crippen LogP contribution in [-0.2, 0) is 0 Å². The molecule has 0 atom stereocenters. The number of halogens is 1. The number of nitrogens with zero attached hydrogens (tertiary/aromatic N) is 2. The summed E-state index contributed by atoms with van der Waals surface area (Å²) in [6.07, 6.45) is 0. The van der Waals surface area contributed by atoms with E-state index in [0.29, 0.717) is 11.5 Å². The van der Waals surface area contributed by atoms with Crippen LogP contribution in [0.15, 0.2) is 18.2 Å². The maximum Gasteiger partial charge on any atom is 0.335 e. The average Bonchev–Trinajstić information content (AvgIpc) is 2.75. The van der Waals surface area contributed by atoms with Gasteiger partial charge in [0.05, 0.1) is 10.9 Å². The minimum atomic E-state index is -0.971. The van der Waals surface area contributed by atoms with Crippen molar-refractivity contribution in [3.63, 3.8) is 0 Å². The molecule has 0 radical (unpaired) electrons. The van der Waals surface area contributed by atoms with E-state index in [0.717, 1.165) is 26.2 Å². The molecule has 7 heteroatoms. The van der Waals surface area contributed by atoms with Crippen LogP contribution >= 0.6 is 22.9 Å². The van der Waals surface area contributed by atoms with Crippen LogP contribution in [0.25, 0.3) is 10.2 Å². The predicted molar refractivity (Wildman–Crippen MR) is 93.3 cm³/mol. The Kier molecular flexibility index (Phi) is 3.95. The highest BCUT2D eigenvalue weighted by Crippen LogP contribution is 2.35. The number of fused-ring (bicyclic) bond motifs is 1. The van der Waals surface area contributed by atoms with E-state index in [2.05, 4.69) is 15.3 Å². The van der Waals surface area contributed by atoms with Crippen LogP contribution in [0.1, 0.15) is 26.4 Å². The Hall–Kier alpha value is -2.18. The van der Waals surface area contributed by atoms with Gasteiger partial charge in [0.2, 0.25) is 5.28 Å². The zero-order chi connectivity index (χ0) is 16.7. The molecule has 0 amide bonds. The maximum atomic E-state index is 11.2. The first-order valence-corrected chi connectivity index (χ1v) is 8.10. The lowest BCUT2D eigenvalue weighted by molar-refractivity contribution is 0.0697. The van der Waals surface area contributed by atoms with Crippen molar-refractivity contribution in [1.29, 1.82) is 0 Å². The first-order valence-electron chi connectivity index (χ1n) is 6.91.